The predicted molar refractivity (Wildman–Crippen MR) is 67.8 cm³/mol. The largest absolute Gasteiger partial charge is 0.472 e. The van der Waals surface area contributed by atoms with Crippen LogP contribution in [0.1, 0.15) is 23.2 Å². The van der Waals surface area contributed by atoms with Crippen molar-refractivity contribution in [2.75, 3.05) is 26.3 Å². The van der Waals surface area contributed by atoms with Crippen LogP contribution in [0.15, 0.2) is 23.0 Å². The number of hydrogen-bond donors (Lipinski definition) is 1. The van der Waals surface area contributed by atoms with E-state index in [9.17, 15) is 14.4 Å². The Morgan fingerprint density at radius 2 is 2.05 bits per heavy atom. The molecular weight excluding hydrogens is 264 g/mol. The van der Waals surface area contributed by atoms with Gasteiger partial charge in [-0.15, -0.1) is 0 Å². The van der Waals surface area contributed by atoms with Gasteiger partial charge in [-0.3, -0.25) is 19.3 Å². The molecule has 3 amide bonds. The summed E-state index contributed by atoms with van der Waals surface area (Å²) in [6.07, 6.45) is 3.37. The summed E-state index contributed by atoms with van der Waals surface area (Å²) < 4.78 is 10.1. The Kier molecular flexibility index (Phi) is 4.89. The van der Waals surface area contributed by atoms with Crippen molar-refractivity contribution in [1.29, 1.82) is 0 Å². The predicted octanol–water partition coefficient (Wildman–Crippen LogP) is 0.175. The summed E-state index contributed by atoms with van der Waals surface area (Å²) in [6, 6.07) is 1.57. The molecule has 1 saturated heterocycles. The van der Waals surface area contributed by atoms with Gasteiger partial charge in [0.2, 0.25) is 11.8 Å². The number of likely N-dealkylation sites (tertiary alicyclic amines) is 1. The van der Waals surface area contributed by atoms with Gasteiger partial charge in [-0.25, -0.2) is 0 Å². The van der Waals surface area contributed by atoms with Crippen molar-refractivity contribution in [1.82, 2.24) is 10.2 Å². The molecule has 0 aromatic carbocycles. The number of nitrogens with one attached hydrogen (secondary N) is 1. The third-order valence-corrected chi connectivity index (χ3v) is 2.93. The fraction of sp³-hybridized carbons (Fsp3) is 0.462. The van der Waals surface area contributed by atoms with Gasteiger partial charge < -0.3 is 14.5 Å². The molecule has 0 saturated carbocycles. The fourth-order valence-electron chi connectivity index (χ4n) is 1.86. The minimum atomic E-state index is -0.229. The van der Waals surface area contributed by atoms with Gasteiger partial charge in [-0.2, -0.15) is 0 Å². The molecule has 0 bridgehead atoms. The number of ether oxygens (including phenoxy) is 1. The molecule has 1 aliphatic heterocycles. The number of imide groups is 1. The second kappa shape index (κ2) is 6.85. The number of hydrogen-bond acceptors (Lipinski definition) is 5. The lowest BCUT2D eigenvalue weighted by molar-refractivity contribution is -0.139. The third kappa shape index (κ3) is 3.67. The number of carbonyl (C=O) groups is 3. The highest BCUT2D eigenvalue weighted by molar-refractivity contribution is 6.01. The molecule has 1 N–H and O–H groups in total. The molecule has 0 atom stereocenters. The molecule has 7 nitrogen and oxygen atoms in total. The SMILES string of the molecule is O=C(NCCOCCN1C(=O)CCC1=O)c1ccoc1. The lowest BCUT2D eigenvalue weighted by Gasteiger charge is -2.13. The van der Waals surface area contributed by atoms with Crippen molar-refractivity contribution < 1.29 is 23.5 Å². The standard InChI is InChI=1S/C13H16N2O5/c16-11-1-2-12(17)15(11)5-8-19-7-4-14-13(18)10-3-6-20-9-10/h3,6,9H,1-2,4-5,7-8H2,(H,14,18). The minimum Gasteiger partial charge on any atom is -0.472 e. The van der Waals surface area contributed by atoms with Crippen LogP contribution in [0.25, 0.3) is 0 Å². The summed E-state index contributed by atoms with van der Waals surface area (Å²) in [5.74, 6) is -0.522. The average molecular weight is 280 g/mol. The van der Waals surface area contributed by atoms with E-state index in [1.807, 2.05) is 0 Å². The number of nitrogens with zero attached hydrogens (tertiary/aromatic N) is 1. The van der Waals surface area contributed by atoms with Gasteiger partial charge in [0.1, 0.15) is 6.26 Å². The number of carbonyl (C=O) groups excluding carboxylic acids is 3. The van der Waals surface area contributed by atoms with Crippen LogP contribution in [0.2, 0.25) is 0 Å². The van der Waals surface area contributed by atoms with Gasteiger partial charge in [-0.05, 0) is 6.07 Å². The van der Waals surface area contributed by atoms with Gasteiger partial charge in [-0.1, -0.05) is 0 Å². The van der Waals surface area contributed by atoms with E-state index in [1.165, 1.54) is 17.4 Å². The zero-order chi connectivity index (χ0) is 14.4. The lowest BCUT2D eigenvalue weighted by atomic mass is 10.3. The molecule has 0 aliphatic carbocycles. The van der Waals surface area contributed by atoms with Crippen LogP contribution < -0.4 is 5.32 Å². The molecule has 20 heavy (non-hydrogen) atoms. The monoisotopic (exact) mass is 280 g/mol. The van der Waals surface area contributed by atoms with E-state index in [4.69, 9.17) is 9.15 Å². The van der Waals surface area contributed by atoms with E-state index >= 15 is 0 Å². The van der Waals surface area contributed by atoms with E-state index in [1.54, 1.807) is 6.07 Å². The van der Waals surface area contributed by atoms with E-state index in [0.29, 0.717) is 31.6 Å². The molecule has 1 aromatic rings. The Morgan fingerprint density at radius 1 is 1.30 bits per heavy atom. The Labute approximate surface area is 115 Å². The van der Waals surface area contributed by atoms with Crippen LogP contribution in [0.5, 0.6) is 0 Å². The summed E-state index contributed by atoms with van der Waals surface area (Å²) >= 11 is 0. The maximum absolute atomic E-state index is 11.5. The highest BCUT2D eigenvalue weighted by Crippen LogP contribution is 2.10. The normalized spacial score (nSPS) is 14.9. The molecule has 1 fully saturated rings. The van der Waals surface area contributed by atoms with Crippen molar-refractivity contribution >= 4 is 17.7 Å². The maximum Gasteiger partial charge on any atom is 0.254 e. The lowest BCUT2D eigenvalue weighted by Crippen LogP contribution is -2.33. The zero-order valence-electron chi connectivity index (χ0n) is 11.0. The summed E-state index contributed by atoms with van der Waals surface area (Å²) in [4.78, 5) is 35.3. The molecule has 7 heteroatoms. The van der Waals surface area contributed by atoms with Crippen LogP contribution in [-0.4, -0.2) is 48.9 Å². The maximum atomic E-state index is 11.5. The summed E-state index contributed by atoms with van der Waals surface area (Å²) in [6.45, 7) is 1.22. The fourth-order valence-corrected chi connectivity index (χ4v) is 1.86. The first-order valence-electron chi connectivity index (χ1n) is 6.40. The van der Waals surface area contributed by atoms with Crippen molar-refractivity contribution in [2.45, 2.75) is 12.8 Å². The van der Waals surface area contributed by atoms with Gasteiger partial charge in [0.15, 0.2) is 0 Å². The van der Waals surface area contributed by atoms with E-state index in [0.717, 1.165) is 0 Å². The Morgan fingerprint density at radius 3 is 2.70 bits per heavy atom. The van der Waals surface area contributed by atoms with E-state index in [2.05, 4.69) is 5.32 Å². The van der Waals surface area contributed by atoms with Gasteiger partial charge in [0, 0.05) is 19.4 Å². The molecule has 108 valence electrons. The molecule has 0 unspecified atom stereocenters. The quantitative estimate of drug-likeness (QED) is 0.568. The second-order valence-electron chi connectivity index (χ2n) is 4.32. The van der Waals surface area contributed by atoms with Crippen LogP contribution >= 0.6 is 0 Å². The Bertz CT molecular complexity index is 467. The average Bonchev–Trinajstić information content (AvgIpc) is 3.06. The highest BCUT2D eigenvalue weighted by atomic mass is 16.5. The zero-order valence-corrected chi connectivity index (χ0v) is 11.0. The molecule has 1 aromatic heterocycles. The number of amides is 3. The van der Waals surface area contributed by atoms with Gasteiger partial charge >= 0.3 is 0 Å². The van der Waals surface area contributed by atoms with Crippen LogP contribution in [0.3, 0.4) is 0 Å². The Balaban J connectivity index is 1.55. The minimum absolute atomic E-state index is 0.146. The van der Waals surface area contributed by atoms with Crippen LogP contribution in [-0.2, 0) is 14.3 Å². The smallest absolute Gasteiger partial charge is 0.254 e. The molecular formula is C13H16N2O5. The summed E-state index contributed by atoms with van der Waals surface area (Å²) in [5, 5.41) is 2.66. The first kappa shape index (κ1) is 14.3. The van der Waals surface area contributed by atoms with Crippen LogP contribution in [0, 0.1) is 0 Å². The molecule has 2 heterocycles. The summed E-state index contributed by atoms with van der Waals surface area (Å²) in [5.41, 5.74) is 0.457. The van der Waals surface area contributed by atoms with Gasteiger partial charge in [0.25, 0.3) is 5.91 Å². The van der Waals surface area contributed by atoms with Crippen molar-refractivity contribution in [3.05, 3.63) is 24.2 Å². The number of rotatable bonds is 7. The topological polar surface area (TPSA) is 88.9 Å². The number of furan rings is 1. The molecule has 2 rings (SSSR count). The molecule has 1 aliphatic rings. The highest BCUT2D eigenvalue weighted by Gasteiger charge is 2.28. The van der Waals surface area contributed by atoms with Crippen molar-refractivity contribution in [2.24, 2.45) is 0 Å². The van der Waals surface area contributed by atoms with E-state index in [-0.39, 0.29) is 30.9 Å². The first-order valence-corrected chi connectivity index (χ1v) is 6.40. The molecule has 0 radical (unpaired) electrons. The third-order valence-electron chi connectivity index (χ3n) is 2.93. The van der Waals surface area contributed by atoms with Crippen LogP contribution in [0.4, 0.5) is 0 Å². The van der Waals surface area contributed by atoms with Crippen molar-refractivity contribution in [3.8, 4) is 0 Å². The van der Waals surface area contributed by atoms with Gasteiger partial charge in [0.05, 0.1) is 31.6 Å². The van der Waals surface area contributed by atoms with Crippen molar-refractivity contribution in [3.63, 3.8) is 0 Å². The van der Waals surface area contributed by atoms with E-state index < -0.39 is 0 Å². The molecule has 0 spiro atoms. The first-order chi connectivity index (χ1) is 9.68. The second-order valence-corrected chi connectivity index (χ2v) is 4.32. The Hall–Kier alpha value is -2.15. The summed E-state index contributed by atoms with van der Waals surface area (Å²) in [7, 11) is 0.